The van der Waals surface area contributed by atoms with Crippen molar-refractivity contribution in [2.45, 2.75) is 91.0 Å². The summed E-state index contributed by atoms with van der Waals surface area (Å²) in [6.45, 7) is 10.3. The zero-order valence-corrected chi connectivity index (χ0v) is 12.1. The van der Waals surface area contributed by atoms with Gasteiger partial charge in [-0.2, -0.15) is 0 Å². The highest BCUT2D eigenvalue weighted by Gasteiger charge is 2.26. The molecule has 0 bridgehead atoms. The molecule has 0 saturated carbocycles. The predicted molar refractivity (Wildman–Crippen MR) is 75.0 cm³/mol. The van der Waals surface area contributed by atoms with Crippen LogP contribution in [0.1, 0.15) is 85.5 Å². The van der Waals surface area contributed by atoms with E-state index in [-0.39, 0.29) is 0 Å². The molecule has 0 heterocycles. The third-order valence-corrected chi connectivity index (χ3v) is 3.55. The van der Waals surface area contributed by atoms with Gasteiger partial charge in [-0.1, -0.05) is 66.2 Å². The Morgan fingerprint density at radius 3 is 1.81 bits per heavy atom. The topological polar surface area (TPSA) is 12.0 Å². The zero-order valence-electron chi connectivity index (χ0n) is 12.1. The minimum atomic E-state index is 0.453. The van der Waals surface area contributed by atoms with Crippen LogP contribution < -0.4 is 5.32 Å². The van der Waals surface area contributed by atoms with Crippen LogP contribution in [0.2, 0.25) is 0 Å². The van der Waals surface area contributed by atoms with Crippen molar-refractivity contribution < 1.29 is 0 Å². The lowest BCUT2D eigenvalue weighted by Crippen LogP contribution is -2.45. The molecular formula is C15H33N. The molecule has 0 aliphatic carbocycles. The minimum absolute atomic E-state index is 0.453. The summed E-state index contributed by atoms with van der Waals surface area (Å²) in [4.78, 5) is 0. The lowest BCUT2D eigenvalue weighted by Gasteiger charge is -2.35. The largest absolute Gasteiger partial charge is 0.312 e. The lowest BCUT2D eigenvalue weighted by molar-refractivity contribution is 0.249. The molecule has 1 N–H and O–H groups in total. The van der Waals surface area contributed by atoms with Crippen molar-refractivity contribution in [3.63, 3.8) is 0 Å². The number of unbranched alkanes of at least 4 members (excludes halogenated alkanes) is 3. The molecular weight excluding hydrogens is 194 g/mol. The molecule has 0 fully saturated rings. The summed E-state index contributed by atoms with van der Waals surface area (Å²) in [5, 5.41) is 3.79. The molecule has 0 radical (unpaired) electrons. The van der Waals surface area contributed by atoms with E-state index in [2.05, 4.69) is 33.0 Å². The molecule has 1 atom stereocenters. The second-order valence-electron chi connectivity index (χ2n) is 5.12. The molecule has 0 aliphatic rings. The van der Waals surface area contributed by atoms with Crippen LogP contribution >= 0.6 is 0 Å². The Balaban J connectivity index is 4.24. The van der Waals surface area contributed by atoms with Gasteiger partial charge in [0.05, 0.1) is 0 Å². The Morgan fingerprint density at radius 1 is 0.688 bits per heavy atom. The summed E-state index contributed by atoms with van der Waals surface area (Å²) in [7, 11) is 0. The highest BCUT2D eigenvalue weighted by Crippen LogP contribution is 2.27. The molecule has 98 valence electrons. The lowest BCUT2D eigenvalue weighted by atomic mass is 9.83. The van der Waals surface area contributed by atoms with Gasteiger partial charge < -0.3 is 5.32 Å². The highest BCUT2D eigenvalue weighted by molar-refractivity contribution is 4.87. The normalized spacial score (nSPS) is 15.0. The van der Waals surface area contributed by atoms with Crippen molar-refractivity contribution in [3.8, 4) is 0 Å². The van der Waals surface area contributed by atoms with E-state index >= 15 is 0 Å². The molecule has 0 aromatic carbocycles. The van der Waals surface area contributed by atoms with E-state index in [4.69, 9.17) is 0 Å². The third-order valence-electron chi connectivity index (χ3n) is 3.55. The fraction of sp³-hybridized carbons (Fsp3) is 1.00. The molecule has 1 unspecified atom stereocenters. The molecule has 0 aliphatic heterocycles. The van der Waals surface area contributed by atoms with Crippen molar-refractivity contribution in [2.24, 2.45) is 0 Å². The quantitative estimate of drug-likeness (QED) is 0.495. The molecule has 0 aromatic rings. The molecule has 1 nitrogen and oxygen atoms in total. The number of rotatable bonds is 11. The van der Waals surface area contributed by atoms with Crippen molar-refractivity contribution in [2.75, 3.05) is 6.54 Å². The average Bonchev–Trinajstić information content (AvgIpc) is 2.27. The molecule has 0 amide bonds. The summed E-state index contributed by atoms with van der Waals surface area (Å²) < 4.78 is 0. The van der Waals surface area contributed by atoms with Gasteiger partial charge in [0.2, 0.25) is 0 Å². The Kier molecular flexibility index (Phi) is 10.1. The first kappa shape index (κ1) is 16.0. The van der Waals surface area contributed by atoms with E-state index in [1.54, 1.807) is 0 Å². The minimum Gasteiger partial charge on any atom is -0.312 e. The maximum atomic E-state index is 3.79. The maximum Gasteiger partial charge on any atom is 0.0181 e. The summed E-state index contributed by atoms with van der Waals surface area (Å²) in [6.07, 6.45) is 12.2. The Bertz CT molecular complexity index is 136. The van der Waals surface area contributed by atoms with E-state index in [1.165, 1.54) is 57.8 Å². The van der Waals surface area contributed by atoms with E-state index < -0.39 is 0 Å². The number of hydrogen-bond acceptors (Lipinski definition) is 1. The predicted octanol–water partition coefficient (Wildman–Crippen LogP) is 4.91. The SMILES string of the molecule is CCCCCC(CCC)(CCCC)NCC. The van der Waals surface area contributed by atoms with Crippen LogP contribution in [-0.2, 0) is 0 Å². The smallest absolute Gasteiger partial charge is 0.0181 e. The Labute approximate surface area is 103 Å². The highest BCUT2D eigenvalue weighted by atomic mass is 15.0. The van der Waals surface area contributed by atoms with Crippen LogP contribution in [0.15, 0.2) is 0 Å². The van der Waals surface area contributed by atoms with Gasteiger partial charge in [-0.3, -0.25) is 0 Å². The summed E-state index contributed by atoms with van der Waals surface area (Å²) in [6, 6.07) is 0. The van der Waals surface area contributed by atoms with Crippen molar-refractivity contribution >= 4 is 0 Å². The van der Waals surface area contributed by atoms with Crippen LogP contribution in [0.25, 0.3) is 0 Å². The fourth-order valence-corrected chi connectivity index (χ4v) is 2.72. The van der Waals surface area contributed by atoms with Crippen LogP contribution in [0.5, 0.6) is 0 Å². The van der Waals surface area contributed by atoms with Crippen LogP contribution in [0.4, 0.5) is 0 Å². The van der Waals surface area contributed by atoms with Gasteiger partial charge in [-0.25, -0.2) is 0 Å². The molecule has 0 aromatic heterocycles. The van der Waals surface area contributed by atoms with Gasteiger partial charge >= 0.3 is 0 Å². The number of hydrogen-bond donors (Lipinski definition) is 1. The summed E-state index contributed by atoms with van der Waals surface area (Å²) in [5.41, 5.74) is 0.453. The van der Waals surface area contributed by atoms with E-state index in [0.29, 0.717) is 5.54 Å². The second-order valence-corrected chi connectivity index (χ2v) is 5.12. The third kappa shape index (κ3) is 6.52. The van der Waals surface area contributed by atoms with Crippen LogP contribution in [0, 0.1) is 0 Å². The standard InChI is InChI=1S/C15H33N/c1-5-9-11-14-15(12-7-3,16-8-4)13-10-6-2/h16H,5-14H2,1-4H3. The molecule has 0 saturated heterocycles. The maximum absolute atomic E-state index is 3.79. The Morgan fingerprint density at radius 2 is 1.31 bits per heavy atom. The van der Waals surface area contributed by atoms with Gasteiger partial charge in [-0.15, -0.1) is 0 Å². The second kappa shape index (κ2) is 10.1. The van der Waals surface area contributed by atoms with Gasteiger partial charge in [0, 0.05) is 5.54 Å². The molecule has 16 heavy (non-hydrogen) atoms. The number of nitrogens with one attached hydrogen (secondary N) is 1. The van der Waals surface area contributed by atoms with E-state index in [0.717, 1.165) is 6.54 Å². The Hall–Kier alpha value is -0.0400. The first-order chi connectivity index (χ1) is 7.74. The van der Waals surface area contributed by atoms with E-state index in [9.17, 15) is 0 Å². The van der Waals surface area contributed by atoms with Gasteiger partial charge in [0.25, 0.3) is 0 Å². The monoisotopic (exact) mass is 227 g/mol. The van der Waals surface area contributed by atoms with Gasteiger partial charge in [0.15, 0.2) is 0 Å². The summed E-state index contributed by atoms with van der Waals surface area (Å²) >= 11 is 0. The van der Waals surface area contributed by atoms with Gasteiger partial charge in [-0.05, 0) is 25.8 Å². The molecule has 0 rings (SSSR count). The van der Waals surface area contributed by atoms with Gasteiger partial charge in [0.1, 0.15) is 0 Å². The first-order valence-corrected chi connectivity index (χ1v) is 7.49. The van der Waals surface area contributed by atoms with Crippen LogP contribution in [0.3, 0.4) is 0 Å². The average molecular weight is 227 g/mol. The fourth-order valence-electron chi connectivity index (χ4n) is 2.72. The van der Waals surface area contributed by atoms with E-state index in [1.807, 2.05) is 0 Å². The van der Waals surface area contributed by atoms with Crippen molar-refractivity contribution in [3.05, 3.63) is 0 Å². The first-order valence-electron chi connectivity index (χ1n) is 7.49. The summed E-state index contributed by atoms with van der Waals surface area (Å²) in [5.74, 6) is 0. The van der Waals surface area contributed by atoms with Crippen LogP contribution in [-0.4, -0.2) is 12.1 Å². The van der Waals surface area contributed by atoms with Crippen molar-refractivity contribution in [1.29, 1.82) is 0 Å². The zero-order chi connectivity index (χ0) is 12.3. The van der Waals surface area contributed by atoms with Crippen molar-refractivity contribution in [1.82, 2.24) is 5.32 Å². The molecule has 0 spiro atoms. The molecule has 1 heteroatoms.